The van der Waals surface area contributed by atoms with Crippen LogP contribution >= 0.6 is 23.2 Å². The van der Waals surface area contributed by atoms with Gasteiger partial charge in [0.15, 0.2) is 0 Å². The zero-order valence-electron chi connectivity index (χ0n) is 8.12. The van der Waals surface area contributed by atoms with Gasteiger partial charge in [0.1, 0.15) is 10.8 Å². The zero-order chi connectivity index (χ0) is 11.6. The number of halogens is 2. The Morgan fingerprint density at radius 3 is 2.60 bits per heavy atom. The van der Waals surface area contributed by atoms with Crippen LogP contribution in [0, 0.1) is 10.1 Å². The molecule has 1 rings (SSSR count). The molecule has 0 aliphatic rings. The van der Waals surface area contributed by atoms with Crippen LogP contribution in [-0.4, -0.2) is 15.9 Å². The standard InChI is InChI=1S/C8H9Cl2N3O2/c1-4(2)11-5-3-6(9)12-8(10)7(5)13(14)15/h3-4H,1-2H3,(H,11,12). The fourth-order valence-electron chi connectivity index (χ4n) is 1.07. The number of pyridine rings is 1. The van der Waals surface area contributed by atoms with Gasteiger partial charge in [-0.05, 0) is 13.8 Å². The van der Waals surface area contributed by atoms with E-state index in [4.69, 9.17) is 23.2 Å². The predicted octanol–water partition coefficient (Wildman–Crippen LogP) is 3.12. The molecule has 82 valence electrons. The van der Waals surface area contributed by atoms with E-state index < -0.39 is 4.92 Å². The Balaban J connectivity index is 3.27. The molecule has 0 unspecified atom stereocenters. The summed E-state index contributed by atoms with van der Waals surface area (Å²) in [5, 5.41) is 13.5. The van der Waals surface area contributed by atoms with Crippen molar-refractivity contribution in [3.05, 3.63) is 26.5 Å². The lowest BCUT2D eigenvalue weighted by Crippen LogP contribution is -2.11. The Morgan fingerprint density at radius 2 is 2.13 bits per heavy atom. The molecule has 0 aliphatic carbocycles. The second-order valence-corrected chi connectivity index (χ2v) is 3.93. The van der Waals surface area contributed by atoms with Crippen molar-refractivity contribution in [2.75, 3.05) is 5.32 Å². The van der Waals surface area contributed by atoms with Crippen molar-refractivity contribution in [2.45, 2.75) is 19.9 Å². The molecule has 0 atom stereocenters. The molecule has 0 fully saturated rings. The van der Waals surface area contributed by atoms with Gasteiger partial charge in [0.2, 0.25) is 5.15 Å². The summed E-state index contributed by atoms with van der Waals surface area (Å²) >= 11 is 11.3. The Bertz CT molecular complexity index is 396. The van der Waals surface area contributed by atoms with Crippen LogP contribution in [0.1, 0.15) is 13.8 Å². The average Bonchev–Trinajstić information content (AvgIpc) is 1.99. The highest BCUT2D eigenvalue weighted by Gasteiger charge is 2.21. The van der Waals surface area contributed by atoms with E-state index in [0.717, 1.165) is 0 Å². The minimum atomic E-state index is -0.587. The van der Waals surface area contributed by atoms with Gasteiger partial charge in [0, 0.05) is 12.1 Å². The topological polar surface area (TPSA) is 68.1 Å². The second kappa shape index (κ2) is 4.63. The van der Waals surface area contributed by atoms with Crippen LogP contribution in [0.4, 0.5) is 11.4 Å². The van der Waals surface area contributed by atoms with Crippen molar-refractivity contribution >= 4 is 34.6 Å². The van der Waals surface area contributed by atoms with Crippen molar-refractivity contribution in [3.63, 3.8) is 0 Å². The Morgan fingerprint density at radius 1 is 1.53 bits per heavy atom. The first-order valence-corrected chi connectivity index (χ1v) is 4.94. The summed E-state index contributed by atoms with van der Waals surface area (Å²) in [5.74, 6) is 0. The van der Waals surface area contributed by atoms with Gasteiger partial charge in [0.05, 0.1) is 4.92 Å². The maximum Gasteiger partial charge on any atom is 0.329 e. The lowest BCUT2D eigenvalue weighted by molar-refractivity contribution is -0.384. The monoisotopic (exact) mass is 249 g/mol. The van der Waals surface area contributed by atoms with Crippen molar-refractivity contribution in [1.29, 1.82) is 0 Å². The number of nitro groups is 1. The second-order valence-electron chi connectivity index (χ2n) is 3.19. The van der Waals surface area contributed by atoms with E-state index >= 15 is 0 Å². The summed E-state index contributed by atoms with van der Waals surface area (Å²) in [6.45, 7) is 3.71. The van der Waals surface area contributed by atoms with Gasteiger partial charge < -0.3 is 5.32 Å². The largest absolute Gasteiger partial charge is 0.377 e. The fraction of sp³-hybridized carbons (Fsp3) is 0.375. The smallest absolute Gasteiger partial charge is 0.329 e. The first-order chi connectivity index (χ1) is 6.91. The molecule has 0 radical (unpaired) electrons. The number of aromatic nitrogens is 1. The molecule has 0 saturated carbocycles. The van der Waals surface area contributed by atoms with Crippen LogP contribution < -0.4 is 5.32 Å². The molecule has 5 nitrogen and oxygen atoms in total. The molecule has 1 N–H and O–H groups in total. The first-order valence-electron chi connectivity index (χ1n) is 4.18. The minimum absolute atomic E-state index is 0.0400. The molecule has 0 aromatic carbocycles. The van der Waals surface area contributed by atoms with Crippen LogP contribution in [0.25, 0.3) is 0 Å². The van der Waals surface area contributed by atoms with Crippen molar-refractivity contribution < 1.29 is 4.92 Å². The Kier molecular flexibility index (Phi) is 3.71. The number of anilines is 1. The summed E-state index contributed by atoms with van der Waals surface area (Å²) in [5.41, 5.74) is 0.0229. The first kappa shape index (κ1) is 12.0. The SMILES string of the molecule is CC(C)Nc1cc(Cl)nc(Cl)c1[N+](=O)[O-]. The molecule has 15 heavy (non-hydrogen) atoms. The third-order valence-corrected chi connectivity index (χ3v) is 2.00. The molecule has 0 bridgehead atoms. The molecular formula is C8H9Cl2N3O2. The van der Waals surface area contributed by atoms with E-state index in [0.29, 0.717) is 0 Å². The maximum absolute atomic E-state index is 10.7. The molecule has 0 amide bonds. The van der Waals surface area contributed by atoms with Crippen LogP contribution in [0.15, 0.2) is 6.07 Å². The number of hydrogen-bond donors (Lipinski definition) is 1. The van der Waals surface area contributed by atoms with Gasteiger partial charge >= 0.3 is 5.69 Å². The number of nitrogens with one attached hydrogen (secondary N) is 1. The molecule has 7 heteroatoms. The van der Waals surface area contributed by atoms with Gasteiger partial charge in [-0.25, -0.2) is 4.98 Å². The minimum Gasteiger partial charge on any atom is -0.377 e. The van der Waals surface area contributed by atoms with Crippen LogP contribution in [0.5, 0.6) is 0 Å². The number of hydrogen-bond acceptors (Lipinski definition) is 4. The molecule has 0 aliphatic heterocycles. The van der Waals surface area contributed by atoms with E-state index in [1.807, 2.05) is 13.8 Å². The predicted molar refractivity (Wildman–Crippen MR) is 59.7 cm³/mol. The molecular weight excluding hydrogens is 241 g/mol. The van der Waals surface area contributed by atoms with Crippen LogP contribution in [0.3, 0.4) is 0 Å². The molecule has 1 aromatic rings. The van der Waals surface area contributed by atoms with Crippen LogP contribution in [-0.2, 0) is 0 Å². The Labute approximate surface area is 96.6 Å². The van der Waals surface area contributed by atoms with Gasteiger partial charge in [-0.2, -0.15) is 0 Å². The third-order valence-electron chi connectivity index (χ3n) is 1.55. The normalized spacial score (nSPS) is 10.5. The van der Waals surface area contributed by atoms with Crippen molar-refractivity contribution in [1.82, 2.24) is 4.98 Å². The molecule has 1 heterocycles. The average molecular weight is 250 g/mol. The zero-order valence-corrected chi connectivity index (χ0v) is 9.63. The van der Waals surface area contributed by atoms with E-state index in [1.54, 1.807) is 0 Å². The van der Waals surface area contributed by atoms with E-state index in [9.17, 15) is 10.1 Å². The lowest BCUT2D eigenvalue weighted by atomic mass is 10.3. The summed E-state index contributed by atoms with van der Waals surface area (Å²) in [4.78, 5) is 13.8. The molecule has 1 aromatic heterocycles. The van der Waals surface area contributed by atoms with E-state index in [1.165, 1.54) is 6.07 Å². The quantitative estimate of drug-likeness (QED) is 0.508. The maximum atomic E-state index is 10.7. The number of nitrogens with zero attached hydrogens (tertiary/aromatic N) is 2. The van der Waals surface area contributed by atoms with E-state index in [-0.39, 0.29) is 27.7 Å². The summed E-state index contributed by atoms with van der Waals surface area (Å²) in [6.07, 6.45) is 0. The van der Waals surface area contributed by atoms with Crippen molar-refractivity contribution in [3.8, 4) is 0 Å². The van der Waals surface area contributed by atoms with Crippen LogP contribution in [0.2, 0.25) is 10.3 Å². The third kappa shape index (κ3) is 2.94. The van der Waals surface area contributed by atoms with Gasteiger partial charge in [0.25, 0.3) is 0 Å². The molecule has 0 spiro atoms. The Hall–Kier alpha value is -1.07. The summed E-state index contributed by atoms with van der Waals surface area (Å²) in [6, 6.07) is 1.42. The highest BCUT2D eigenvalue weighted by molar-refractivity contribution is 6.34. The highest BCUT2D eigenvalue weighted by atomic mass is 35.5. The van der Waals surface area contributed by atoms with Crippen molar-refractivity contribution in [2.24, 2.45) is 0 Å². The lowest BCUT2D eigenvalue weighted by Gasteiger charge is -2.10. The highest BCUT2D eigenvalue weighted by Crippen LogP contribution is 2.33. The number of rotatable bonds is 3. The van der Waals surface area contributed by atoms with Gasteiger partial charge in [-0.1, -0.05) is 23.2 Å². The van der Waals surface area contributed by atoms with E-state index in [2.05, 4.69) is 10.3 Å². The summed E-state index contributed by atoms with van der Waals surface area (Å²) < 4.78 is 0. The fourth-order valence-corrected chi connectivity index (χ4v) is 1.57. The molecule has 0 saturated heterocycles. The van der Waals surface area contributed by atoms with Gasteiger partial charge in [-0.15, -0.1) is 0 Å². The van der Waals surface area contributed by atoms with Gasteiger partial charge in [-0.3, -0.25) is 10.1 Å². The summed E-state index contributed by atoms with van der Waals surface area (Å²) in [7, 11) is 0.